The topological polar surface area (TPSA) is 98.7 Å². The summed E-state index contributed by atoms with van der Waals surface area (Å²) in [6.07, 6.45) is 10.8. The SMILES string of the molecule is NCC1(CC(=O)Nc2ccc(-n3cncn3)nc2)CCCCC1. The summed E-state index contributed by atoms with van der Waals surface area (Å²) in [5.74, 6) is 0.666. The highest BCUT2D eigenvalue weighted by Gasteiger charge is 2.32. The Kier molecular flexibility index (Phi) is 4.66. The van der Waals surface area contributed by atoms with E-state index in [1.54, 1.807) is 23.3 Å². The van der Waals surface area contributed by atoms with Gasteiger partial charge in [0.25, 0.3) is 0 Å². The molecule has 3 rings (SSSR count). The summed E-state index contributed by atoms with van der Waals surface area (Å²) in [4.78, 5) is 20.5. The van der Waals surface area contributed by atoms with Gasteiger partial charge in [0, 0.05) is 6.42 Å². The first kappa shape index (κ1) is 15.6. The Hall–Kier alpha value is -2.28. The largest absolute Gasteiger partial charge is 0.330 e. The van der Waals surface area contributed by atoms with Gasteiger partial charge in [-0.15, -0.1) is 0 Å². The predicted molar refractivity (Wildman–Crippen MR) is 87.0 cm³/mol. The van der Waals surface area contributed by atoms with E-state index in [1.807, 2.05) is 6.07 Å². The molecule has 0 aromatic carbocycles. The third-order valence-corrected chi connectivity index (χ3v) is 4.57. The molecular weight excluding hydrogens is 292 g/mol. The molecular formula is C16H22N6O. The molecule has 2 aromatic rings. The Labute approximate surface area is 135 Å². The lowest BCUT2D eigenvalue weighted by atomic mass is 9.71. The second-order valence-electron chi connectivity index (χ2n) is 6.23. The number of rotatable bonds is 5. The zero-order valence-corrected chi connectivity index (χ0v) is 13.1. The molecule has 1 amide bonds. The van der Waals surface area contributed by atoms with Crippen molar-refractivity contribution in [3.05, 3.63) is 31.0 Å². The Morgan fingerprint density at radius 3 is 2.74 bits per heavy atom. The molecule has 122 valence electrons. The zero-order chi connectivity index (χ0) is 16.1. The van der Waals surface area contributed by atoms with Crippen LogP contribution in [0.25, 0.3) is 5.82 Å². The van der Waals surface area contributed by atoms with Crippen LogP contribution in [0.15, 0.2) is 31.0 Å². The lowest BCUT2D eigenvalue weighted by molar-refractivity contribution is -0.118. The van der Waals surface area contributed by atoms with Gasteiger partial charge in [-0.3, -0.25) is 4.79 Å². The van der Waals surface area contributed by atoms with Gasteiger partial charge in [0.1, 0.15) is 12.7 Å². The molecule has 7 nitrogen and oxygen atoms in total. The molecule has 0 saturated heterocycles. The van der Waals surface area contributed by atoms with E-state index in [1.165, 1.54) is 25.6 Å². The van der Waals surface area contributed by atoms with Gasteiger partial charge in [0.2, 0.25) is 5.91 Å². The van der Waals surface area contributed by atoms with Crippen molar-refractivity contribution in [2.75, 3.05) is 11.9 Å². The normalized spacial score (nSPS) is 16.9. The third kappa shape index (κ3) is 3.73. The molecule has 3 N–H and O–H groups in total. The van der Waals surface area contributed by atoms with Crippen LogP contribution in [0.3, 0.4) is 0 Å². The molecule has 1 aliphatic rings. The van der Waals surface area contributed by atoms with E-state index < -0.39 is 0 Å². The third-order valence-electron chi connectivity index (χ3n) is 4.57. The minimum absolute atomic E-state index is 0.00709. The van der Waals surface area contributed by atoms with E-state index >= 15 is 0 Å². The summed E-state index contributed by atoms with van der Waals surface area (Å²) >= 11 is 0. The van der Waals surface area contributed by atoms with Crippen molar-refractivity contribution < 1.29 is 4.79 Å². The first-order chi connectivity index (χ1) is 11.2. The lowest BCUT2D eigenvalue weighted by Gasteiger charge is -2.35. The number of carbonyl (C=O) groups excluding carboxylic acids is 1. The number of aromatic nitrogens is 4. The highest BCUT2D eigenvalue weighted by molar-refractivity contribution is 5.91. The quantitative estimate of drug-likeness (QED) is 0.878. The lowest BCUT2D eigenvalue weighted by Crippen LogP contribution is -2.36. The number of hydrogen-bond acceptors (Lipinski definition) is 5. The minimum atomic E-state index is -0.0313. The smallest absolute Gasteiger partial charge is 0.225 e. The van der Waals surface area contributed by atoms with Crippen LogP contribution in [-0.4, -0.2) is 32.2 Å². The van der Waals surface area contributed by atoms with Crippen LogP contribution >= 0.6 is 0 Å². The van der Waals surface area contributed by atoms with Crippen LogP contribution in [0, 0.1) is 5.41 Å². The van der Waals surface area contributed by atoms with Crippen LogP contribution in [0.1, 0.15) is 38.5 Å². The number of nitrogens with zero attached hydrogens (tertiary/aromatic N) is 4. The molecule has 0 unspecified atom stereocenters. The Morgan fingerprint density at radius 1 is 1.30 bits per heavy atom. The summed E-state index contributed by atoms with van der Waals surface area (Å²) in [7, 11) is 0. The molecule has 0 atom stereocenters. The van der Waals surface area contributed by atoms with Crippen LogP contribution in [0.4, 0.5) is 5.69 Å². The Morgan fingerprint density at radius 2 is 2.13 bits per heavy atom. The molecule has 0 aliphatic heterocycles. The number of nitrogens with two attached hydrogens (primary N) is 1. The fourth-order valence-corrected chi connectivity index (χ4v) is 3.22. The number of pyridine rings is 1. The van der Waals surface area contributed by atoms with E-state index in [0.29, 0.717) is 24.5 Å². The van der Waals surface area contributed by atoms with Gasteiger partial charge in [-0.1, -0.05) is 19.3 Å². The van der Waals surface area contributed by atoms with Crippen molar-refractivity contribution in [1.82, 2.24) is 19.7 Å². The molecule has 1 fully saturated rings. The minimum Gasteiger partial charge on any atom is -0.330 e. The second kappa shape index (κ2) is 6.87. The van der Waals surface area contributed by atoms with Crippen LogP contribution in [0.5, 0.6) is 0 Å². The van der Waals surface area contributed by atoms with Crippen molar-refractivity contribution in [2.45, 2.75) is 38.5 Å². The molecule has 2 aromatic heterocycles. The first-order valence-corrected chi connectivity index (χ1v) is 8.02. The summed E-state index contributed by atoms with van der Waals surface area (Å²) in [6, 6.07) is 3.61. The fraction of sp³-hybridized carbons (Fsp3) is 0.500. The van der Waals surface area contributed by atoms with Crippen molar-refractivity contribution in [3.8, 4) is 5.82 Å². The monoisotopic (exact) mass is 314 g/mol. The van der Waals surface area contributed by atoms with Gasteiger partial charge in [-0.25, -0.2) is 14.6 Å². The maximum Gasteiger partial charge on any atom is 0.225 e. The molecule has 2 heterocycles. The Balaban J connectivity index is 1.61. The molecule has 0 bridgehead atoms. The molecule has 7 heteroatoms. The maximum atomic E-state index is 12.3. The number of amides is 1. The van der Waals surface area contributed by atoms with Crippen molar-refractivity contribution in [3.63, 3.8) is 0 Å². The summed E-state index contributed by atoms with van der Waals surface area (Å²) in [5.41, 5.74) is 6.60. The van der Waals surface area contributed by atoms with Crippen molar-refractivity contribution in [1.29, 1.82) is 0 Å². The summed E-state index contributed by atoms with van der Waals surface area (Å²) in [6.45, 7) is 0.573. The second-order valence-corrected chi connectivity index (χ2v) is 6.23. The summed E-state index contributed by atoms with van der Waals surface area (Å²) in [5, 5.41) is 6.93. The van der Waals surface area contributed by atoms with E-state index in [-0.39, 0.29) is 11.3 Å². The van der Waals surface area contributed by atoms with Crippen LogP contribution in [-0.2, 0) is 4.79 Å². The van der Waals surface area contributed by atoms with Gasteiger partial charge >= 0.3 is 0 Å². The number of nitrogens with one attached hydrogen (secondary N) is 1. The molecule has 0 radical (unpaired) electrons. The number of hydrogen-bond donors (Lipinski definition) is 2. The van der Waals surface area contributed by atoms with E-state index in [0.717, 1.165) is 12.8 Å². The van der Waals surface area contributed by atoms with Crippen molar-refractivity contribution in [2.24, 2.45) is 11.1 Å². The maximum absolute atomic E-state index is 12.3. The van der Waals surface area contributed by atoms with Gasteiger partial charge in [0.15, 0.2) is 5.82 Å². The van der Waals surface area contributed by atoms with Crippen LogP contribution in [0.2, 0.25) is 0 Å². The zero-order valence-electron chi connectivity index (χ0n) is 13.1. The average Bonchev–Trinajstić information content (AvgIpc) is 3.11. The van der Waals surface area contributed by atoms with Gasteiger partial charge in [-0.2, -0.15) is 5.10 Å². The Bertz CT molecular complexity index is 631. The first-order valence-electron chi connectivity index (χ1n) is 8.02. The average molecular weight is 314 g/mol. The predicted octanol–water partition coefficient (Wildman–Crippen LogP) is 1.90. The molecule has 1 aliphatic carbocycles. The van der Waals surface area contributed by atoms with Gasteiger partial charge < -0.3 is 11.1 Å². The fourth-order valence-electron chi connectivity index (χ4n) is 3.22. The number of carbonyl (C=O) groups is 1. The van der Waals surface area contributed by atoms with E-state index in [2.05, 4.69) is 20.4 Å². The van der Waals surface area contributed by atoms with Gasteiger partial charge in [-0.05, 0) is 36.9 Å². The molecule has 0 spiro atoms. The van der Waals surface area contributed by atoms with E-state index in [4.69, 9.17) is 5.73 Å². The highest BCUT2D eigenvalue weighted by atomic mass is 16.1. The molecule has 23 heavy (non-hydrogen) atoms. The van der Waals surface area contributed by atoms with Crippen molar-refractivity contribution >= 4 is 11.6 Å². The standard InChI is InChI=1S/C16H22N6O/c17-10-16(6-2-1-3-7-16)8-15(23)21-13-4-5-14(19-9-13)22-12-18-11-20-22/h4-5,9,11-12H,1-3,6-8,10,17H2,(H,21,23). The molecule has 1 saturated carbocycles. The highest BCUT2D eigenvalue weighted by Crippen LogP contribution is 2.38. The van der Waals surface area contributed by atoms with E-state index in [9.17, 15) is 4.79 Å². The number of anilines is 1. The van der Waals surface area contributed by atoms with Crippen LogP contribution < -0.4 is 11.1 Å². The summed E-state index contributed by atoms with van der Waals surface area (Å²) < 4.78 is 1.57. The van der Waals surface area contributed by atoms with Gasteiger partial charge in [0.05, 0.1) is 11.9 Å².